The van der Waals surface area contributed by atoms with Crippen LogP contribution in [0.5, 0.6) is 0 Å². The zero-order chi connectivity index (χ0) is 22.6. The fourth-order valence-corrected chi connectivity index (χ4v) is 5.42. The van der Waals surface area contributed by atoms with Crippen LogP contribution in [0.3, 0.4) is 0 Å². The normalized spacial score (nSPS) is 13.5. The molecule has 0 bridgehead atoms. The van der Waals surface area contributed by atoms with E-state index in [4.69, 9.17) is 11.6 Å². The number of para-hydroxylation sites is 1. The number of rotatable bonds is 3. The Morgan fingerprint density at radius 1 is 0.636 bits per heavy atom. The van der Waals surface area contributed by atoms with E-state index in [0.717, 1.165) is 16.4 Å². The summed E-state index contributed by atoms with van der Waals surface area (Å²) in [4.78, 5) is 0. The molecule has 0 aliphatic heterocycles. The van der Waals surface area contributed by atoms with Gasteiger partial charge in [0, 0.05) is 11.1 Å². The molecular weight excluding hydrogens is 422 g/mol. The molecule has 6 rings (SSSR count). The van der Waals surface area contributed by atoms with Crippen LogP contribution in [0.2, 0.25) is 5.02 Å². The topological polar surface area (TPSA) is 12.0 Å². The highest BCUT2D eigenvalue weighted by Gasteiger charge is 2.37. The van der Waals surface area contributed by atoms with E-state index in [1.165, 1.54) is 44.2 Å². The van der Waals surface area contributed by atoms with Gasteiger partial charge < -0.3 is 5.32 Å². The monoisotopic (exact) mass is 445 g/mol. The minimum Gasteiger partial charge on any atom is -0.354 e. The molecule has 0 radical (unpaired) electrons. The predicted octanol–water partition coefficient (Wildman–Crippen LogP) is 9.21. The summed E-state index contributed by atoms with van der Waals surface area (Å²) in [5, 5.41) is 6.84. The highest BCUT2D eigenvalue weighted by Crippen LogP contribution is 2.53. The number of hydrogen-bond donors (Lipinski definition) is 1. The van der Waals surface area contributed by atoms with Gasteiger partial charge in [-0.15, -0.1) is 0 Å². The lowest BCUT2D eigenvalue weighted by molar-refractivity contribution is 0.661. The summed E-state index contributed by atoms with van der Waals surface area (Å²) >= 11 is 6.40. The van der Waals surface area contributed by atoms with Gasteiger partial charge in [-0.1, -0.05) is 98.2 Å². The molecule has 33 heavy (non-hydrogen) atoms. The minimum atomic E-state index is -0.115. The lowest BCUT2D eigenvalue weighted by atomic mass is 9.80. The molecule has 5 aromatic carbocycles. The van der Waals surface area contributed by atoms with Gasteiger partial charge >= 0.3 is 0 Å². The number of nitrogens with one attached hydrogen (secondary N) is 1. The molecule has 0 fully saturated rings. The molecule has 0 saturated carbocycles. The average molecular weight is 446 g/mol. The Kier molecular flexibility index (Phi) is 4.57. The highest BCUT2D eigenvalue weighted by atomic mass is 35.5. The maximum atomic E-state index is 6.40. The van der Waals surface area contributed by atoms with E-state index in [0.29, 0.717) is 0 Å². The summed E-state index contributed by atoms with van der Waals surface area (Å²) in [6.45, 7) is 4.67. The van der Waals surface area contributed by atoms with Crippen molar-refractivity contribution in [2.45, 2.75) is 19.3 Å². The van der Waals surface area contributed by atoms with Crippen molar-refractivity contribution in [2.24, 2.45) is 0 Å². The van der Waals surface area contributed by atoms with Crippen molar-refractivity contribution < 1.29 is 0 Å². The Morgan fingerprint density at radius 3 is 2.12 bits per heavy atom. The second kappa shape index (κ2) is 7.50. The van der Waals surface area contributed by atoms with E-state index in [-0.39, 0.29) is 5.41 Å². The van der Waals surface area contributed by atoms with E-state index in [1.807, 2.05) is 24.3 Å². The van der Waals surface area contributed by atoms with Gasteiger partial charge in [0.1, 0.15) is 0 Å². The van der Waals surface area contributed by atoms with Crippen LogP contribution < -0.4 is 5.32 Å². The third kappa shape index (κ3) is 3.15. The molecule has 1 nitrogen and oxygen atoms in total. The fraction of sp³-hybridized carbons (Fsp3) is 0.0968. The van der Waals surface area contributed by atoms with Crippen LogP contribution in [0, 0.1) is 0 Å². The molecule has 2 heteroatoms. The second-order valence-electron chi connectivity index (χ2n) is 9.25. The highest BCUT2D eigenvalue weighted by molar-refractivity contribution is 6.33. The van der Waals surface area contributed by atoms with Crippen LogP contribution in [0.4, 0.5) is 11.4 Å². The molecule has 1 aliphatic carbocycles. The first-order valence-corrected chi connectivity index (χ1v) is 11.7. The first-order chi connectivity index (χ1) is 16.0. The van der Waals surface area contributed by atoms with Gasteiger partial charge in [-0.05, 0) is 74.5 Å². The molecular formula is C31H24ClN. The number of anilines is 2. The first-order valence-electron chi connectivity index (χ1n) is 11.3. The van der Waals surface area contributed by atoms with E-state index >= 15 is 0 Å². The number of halogens is 1. The summed E-state index contributed by atoms with van der Waals surface area (Å²) in [5.74, 6) is 0. The Balaban J connectivity index is 1.56. The summed E-state index contributed by atoms with van der Waals surface area (Å²) in [6, 6.07) is 36.5. The van der Waals surface area contributed by atoms with Gasteiger partial charge in [-0.25, -0.2) is 0 Å². The van der Waals surface area contributed by atoms with Gasteiger partial charge in [0.15, 0.2) is 0 Å². The summed E-state index contributed by atoms with van der Waals surface area (Å²) in [7, 11) is 0. The van der Waals surface area contributed by atoms with E-state index < -0.39 is 0 Å². The zero-order valence-electron chi connectivity index (χ0n) is 18.7. The molecule has 0 unspecified atom stereocenters. The van der Waals surface area contributed by atoms with Crippen LogP contribution in [-0.2, 0) is 5.41 Å². The summed E-state index contributed by atoms with van der Waals surface area (Å²) in [5.41, 5.74) is 9.79. The molecule has 1 aliphatic rings. The quantitative estimate of drug-likeness (QED) is 0.292. The van der Waals surface area contributed by atoms with Crippen molar-refractivity contribution in [1.29, 1.82) is 0 Å². The average Bonchev–Trinajstić information content (AvgIpc) is 3.07. The molecule has 0 aromatic heterocycles. The Bertz CT molecular complexity index is 1520. The number of benzene rings is 5. The fourth-order valence-electron chi connectivity index (χ4n) is 5.24. The van der Waals surface area contributed by atoms with Crippen LogP contribution in [-0.4, -0.2) is 0 Å². The van der Waals surface area contributed by atoms with Gasteiger partial charge in [0.25, 0.3) is 0 Å². The van der Waals surface area contributed by atoms with E-state index in [2.05, 4.69) is 98.0 Å². The SMILES string of the molecule is CC1(C)c2cc(Nc3ccccc3Cl)ccc2-c2c1cc(-c1ccccc1)c1ccccc21. The number of fused-ring (bicyclic) bond motifs is 5. The second-order valence-corrected chi connectivity index (χ2v) is 9.66. The number of hydrogen-bond acceptors (Lipinski definition) is 1. The smallest absolute Gasteiger partial charge is 0.0640 e. The third-order valence-electron chi connectivity index (χ3n) is 6.92. The van der Waals surface area contributed by atoms with E-state index in [1.54, 1.807) is 0 Å². The Hall–Kier alpha value is -3.55. The lowest BCUT2D eigenvalue weighted by Gasteiger charge is -2.23. The van der Waals surface area contributed by atoms with Crippen molar-refractivity contribution in [3.05, 3.63) is 119 Å². The van der Waals surface area contributed by atoms with Crippen LogP contribution in [0.15, 0.2) is 103 Å². The minimum absolute atomic E-state index is 0.115. The van der Waals surface area contributed by atoms with Crippen molar-refractivity contribution in [2.75, 3.05) is 5.32 Å². The van der Waals surface area contributed by atoms with Gasteiger partial charge in [0.05, 0.1) is 10.7 Å². The van der Waals surface area contributed by atoms with Crippen molar-refractivity contribution in [3.63, 3.8) is 0 Å². The molecule has 160 valence electrons. The maximum Gasteiger partial charge on any atom is 0.0640 e. The molecule has 5 aromatic rings. The van der Waals surface area contributed by atoms with Gasteiger partial charge in [-0.2, -0.15) is 0 Å². The van der Waals surface area contributed by atoms with Crippen LogP contribution in [0.25, 0.3) is 33.0 Å². The Morgan fingerprint density at radius 2 is 1.33 bits per heavy atom. The molecule has 0 amide bonds. The Labute approximate surface area is 199 Å². The lowest BCUT2D eigenvalue weighted by Crippen LogP contribution is -2.15. The predicted molar refractivity (Wildman–Crippen MR) is 142 cm³/mol. The third-order valence-corrected chi connectivity index (χ3v) is 7.25. The standard InChI is InChI=1S/C31H24ClN/c1-31(2)26-18-21(33-29-15-9-8-14-28(29)32)16-17-24(26)30-23-13-7-6-12-22(23)25(19-27(30)31)20-10-4-3-5-11-20/h3-19,33H,1-2H3. The van der Waals surface area contributed by atoms with Crippen LogP contribution >= 0.6 is 11.6 Å². The molecule has 0 heterocycles. The maximum absolute atomic E-state index is 6.40. The molecule has 0 saturated heterocycles. The van der Waals surface area contributed by atoms with Crippen molar-refractivity contribution in [1.82, 2.24) is 0 Å². The first kappa shape index (κ1) is 20.1. The zero-order valence-corrected chi connectivity index (χ0v) is 19.4. The van der Waals surface area contributed by atoms with E-state index in [9.17, 15) is 0 Å². The largest absolute Gasteiger partial charge is 0.354 e. The van der Waals surface area contributed by atoms with Gasteiger partial charge in [0.2, 0.25) is 0 Å². The van der Waals surface area contributed by atoms with Crippen molar-refractivity contribution >= 4 is 33.7 Å². The summed E-state index contributed by atoms with van der Waals surface area (Å²) < 4.78 is 0. The molecule has 0 atom stereocenters. The van der Waals surface area contributed by atoms with Crippen LogP contribution in [0.1, 0.15) is 25.0 Å². The molecule has 0 spiro atoms. The molecule has 1 N–H and O–H groups in total. The van der Waals surface area contributed by atoms with Crippen molar-refractivity contribution in [3.8, 4) is 22.3 Å². The summed E-state index contributed by atoms with van der Waals surface area (Å²) in [6.07, 6.45) is 0. The van der Waals surface area contributed by atoms with Gasteiger partial charge in [-0.3, -0.25) is 0 Å².